The molecule has 0 unspecified atom stereocenters. The van der Waals surface area contributed by atoms with E-state index in [1.54, 1.807) is 11.3 Å². The monoisotopic (exact) mass is 355 g/mol. The second-order valence-electron chi connectivity index (χ2n) is 4.93. The smallest absolute Gasteiger partial charge is 0.267 e. The summed E-state index contributed by atoms with van der Waals surface area (Å²) in [6, 6.07) is 2.10. The van der Waals surface area contributed by atoms with E-state index in [1.807, 2.05) is 29.1 Å². The zero-order valence-electron chi connectivity index (χ0n) is 11.8. The van der Waals surface area contributed by atoms with Crippen LogP contribution < -0.4 is 5.32 Å². The zero-order valence-corrected chi connectivity index (χ0v) is 14.2. The van der Waals surface area contributed by atoms with E-state index >= 15 is 0 Å². The third-order valence-electron chi connectivity index (χ3n) is 2.90. The molecule has 1 N–H and O–H groups in total. The standard InChI is InChI=1S/C14H18BrN3OS/c1-9(2)18-7-11(15)6-12(18)14(19)16-5-4-13-17-10(3)8-20-13/h6-9H,4-5H2,1-3H3,(H,16,19). The van der Waals surface area contributed by atoms with Crippen LogP contribution in [0.25, 0.3) is 0 Å². The van der Waals surface area contributed by atoms with Gasteiger partial charge in [-0.3, -0.25) is 4.79 Å². The van der Waals surface area contributed by atoms with Crippen molar-refractivity contribution in [1.82, 2.24) is 14.9 Å². The van der Waals surface area contributed by atoms with Crippen LogP contribution in [0, 0.1) is 6.92 Å². The number of nitrogens with one attached hydrogen (secondary N) is 1. The van der Waals surface area contributed by atoms with Crippen molar-refractivity contribution in [3.63, 3.8) is 0 Å². The van der Waals surface area contributed by atoms with Crippen molar-refractivity contribution in [3.8, 4) is 0 Å². The number of nitrogens with zero attached hydrogens (tertiary/aromatic N) is 2. The molecule has 0 saturated carbocycles. The lowest BCUT2D eigenvalue weighted by atomic mass is 10.3. The van der Waals surface area contributed by atoms with Crippen LogP contribution in [0.15, 0.2) is 22.1 Å². The van der Waals surface area contributed by atoms with E-state index in [1.165, 1.54) is 0 Å². The van der Waals surface area contributed by atoms with E-state index in [0.717, 1.165) is 21.6 Å². The molecule has 0 atom stereocenters. The van der Waals surface area contributed by atoms with Crippen LogP contribution in [0.5, 0.6) is 0 Å². The normalized spacial score (nSPS) is 11.1. The number of amides is 1. The highest BCUT2D eigenvalue weighted by molar-refractivity contribution is 9.10. The average molecular weight is 356 g/mol. The molecule has 0 aliphatic carbocycles. The van der Waals surface area contributed by atoms with Crippen LogP contribution >= 0.6 is 27.3 Å². The first-order valence-corrected chi connectivity index (χ1v) is 8.21. The lowest BCUT2D eigenvalue weighted by molar-refractivity contribution is 0.0943. The van der Waals surface area contributed by atoms with Gasteiger partial charge in [-0.05, 0) is 42.8 Å². The fourth-order valence-electron chi connectivity index (χ4n) is 1.95. The first kappa shape index (κ1) is 15.3. The van der Waals surface area contributed by atoms with Gasteiger partial charge in [-0.2, -0.15) is 0 Å². The van der Waals surface area contributed by atoms with Gasteiger partial charge in [0.05, 0.1) is 5.01 Å². The van der Waals surface area contributed by atoms with Gasteiger partial charge >= 0.3 is 0 Å². The minimum atomic E-state index is -0.0438. The minimum Gasteiger partial charge on any atom is -0.350 e. The molecule has 0 aromatic carbocycles. The summed E-state index contributed by atoms with van der Waals surface area (Å²) in [5, 5.41) is 6.04. The van der Waals surface area contributed by atoms with E-state index in [0.29, 0.717) is 12.2 Å². The topological polar surface area (TPSA) is 46.9 Å². The predicted octanol–water partition coefficient (Wildman–Crippen LogP) is 3.57. The summed E-state index contributed by atoms with van der Waals surface area (Å²) in [6.07, 6.45) is 2.71. The molecule has 1 amide bonds. The van der Waals surface area contributed by atoms with Gasteiger partial charge in [0.2, 0.25) is 0 Å². The number of hydrogen-bond donors (Lipinski definition) is 1. The lowest BCUT2D eigenvalue weighted by Gasteiger charge is -2.12. The van der Waals surface area contributed by atoms with Gasteiger partial charge in [0, 0.05) is 40.8 Å². The Kier molecular flexibility index (Phi) is 4.99. The Morgan fingerprint density at radius 3 is 2.90 bits per heavy atom. The summed E-state index contributed by atoms with van der Waals surface area (Å²) in [5.41, 5.74) is 1.72. The zero-order chi connectivity index (χ0) is 14.7. The maximum atomic E-state index is 12.2. The Balaban J connectivity index is 1.95. The molecule has 4 nitrogen and oxygen atoms in total. The Bertz CT molecular complexity index is 603. The van der Waals surface area contributed by atoms with Crippen LogP contribution in [0.3, 0.4) is 0 Å². The number of hydrogen-bond acceptors (Lipinski definition) is 3. The van der Waals surface area contributed by atoms with Gasteiger partial charge in [0.1, 0.15) is 5.69 Å². The van der Waals surface area contributed by atoms with E-state index in [2.05, 4.69) is 40.1 Å². The molecule has 2 rings (SSSR count). The highest BCUT2D eigenvalue weighted by atomic mass is 79.9. The second kappa shape index (κ2) is 6.54. The molecule has 0 bridgehead atoms. The summed E-state index contributed by atoms with van der Waals surface area (Å²) in [5.74, 6) is -0.0438. The number of halogens is 1. The molecule has 6 heteroatoms. The Morgan fingerprint density at radius 1 is 1.55 bits per heavy atom. The van der Waals surface area contributed by atoms with Crippen molar-refractivity contribution in [2.45, 2.75) is 33.2 Å². The molecule has 2 aromatic heterocycles. The SMILES string of the molecule is Cc1csc(CCNC(=O)c2cc(Br)cn2C(C)C)n1. The molecule has 0 radical (unpaired) electrons. The molecule has 0 fully saturated rings. The first-order valence-electron chi connectivity index (χ1n) is 6.54. The Morgan fingerprint density at radius 2 is 2.30 bits per heavy atom. The van der Waals surface area contributed by atoms with Crippen molar-refractivity contribution in [2.24, 2.45) is 0 Å². The Labute approximate surface area is 131 Å². The van der Waals surface area contributed by atoms with Gasteiger partial charge in [-0.15, -0.1) is 11.3 Å². The largest absolute Gasteiger partial charge is 0.350 e. The van der Waals surface area contributed by atoms with E-state index in [4.69, 9.17) is 0 Å². The number of aromatic nitrogens is 2. The Hall–Kier alpha value is -1.14. The van der Waals surface area contributed by atoms with Crippen LogP contribution in [-0.2, 0) is 6.42 Å². The van der Waals surface area contributed by atoms with Crippen molar-refractivity contribution in [3.05, 3.63) is 38.5 Å². The van der Waals surface area contributed by atoms with Gasteiger partial charge < -0.3 is 9.88 Å². The molecule has 2 aromatic rings. The quantitative estimate of drug-likeness (QED) is 0.890. The van der Waals surface area contributed by atoms with Crippen LogP contribution in [0.1, 0.15) is 41.1 Å². The van der Waals surface area contributed by atoms with Gasteiger partial charge in [-0.25, -0.2) is 4.98 Å². The van der Waals surface area contributed by atoms with Crippen LogP contribution in [0.2, 0.25) is 0 Å². The molecule has 0 saturated heterocycles. The minimum absolute atomic E-state index is 0.0438. The molecular weight excluding hydrogens is 338 g/mol. The van der Waals surface area contributed by atoms with Gasteiger partial charge in [0.15, 0.2) is 0 Å². The van der Waals surface area contributed by atoms with Crippen LogP contribution in [0.4, 0.5) is 0 Å². The fraction of sp³-hybridized carbons (Fsp3) is 0.429. The molecule has 0 aliphatic rings. The maximum absolute atomic E-state index is 12.2. The highest BCUT2D eigenvalue weighted by Gasteiger charge is 2.14. The number of thiazole rings is 1. The number of carbonyl (C=O) groups excluding carboxylic acids is 1. The third kappa shape index (κ3) is 3.70. The van der Waals surface area contributed by atoms with Gasteiger partial charge in [0.25, 0.3) is 5.91 Å². The second-order valence-corrected chi connectivity index (χ2v) is 6.79. The van der Waals surface area contributed by atoms with Crippen molar-refractivity contribution < 1.29 is 4.79 Å². The average Bonchev–Trinajstić information content (AvgIpc) is 2.95. The molecule has 108 valence electrons. The maximum Gasteiger partial charge on any atom is 0.267 e. The molecule has 20 heavy (non-hydrogen) atoms. The molecule has 2 heterocycles. The first-order chi connectivity index (χ1) is 9.47. The van der Waals surface area contributed by atoms with E-state index < -0.39 is 0 Å². The van der Waals surface area contributed by atoms with E-state index in [-0.39, 0.29) is 11.9 Å². The fourth-order valence-corrected chi connectivity index (χ4v) is 3.16. The summed E-state index contributed by atoms with van der Waals surface area (Å²) in [7, 11) is 0. The van der Waals surface area contributed by atoms with E-state index in [9.17, 15) is 4.79 Å². The molecular formula is C14H18BrN3OS. The van der Waals surface area contributed by atoms with Gasteiger partial charge in [-0.1, -0.05) is 0 Å². The summed E-state index contributed by atoms with van der Waals surface area (Å²) < 4.78 is 2.89. The predicted molar refractivity (Wildman–Crippen MR) is 85.4 cm³/mol. The molecule has 0 spiro atoms. The number of carbonyl (C=O) groups is 1. The van der Waals surface area contributed by atoms with Crippen molar-refractivity contribution >= 4 is 33.2 Å². The van der Waals surface area contributed by atoms with Crippen molar-refractivity contribution in [2.75, 3.05) is 6.54 Å². The van der Waals surface area contributed by atoms with Crippen LogP contribution in [-0.4, -0.2) is 22.0 Å². The number of aryl methyl sites for hydroxylation is 1. The number of rotatable bonds is 5. The summed E-state index contributed by atoms with van der Waals surface area (Å²) in [4.78, 5) is 16.6. The lowest BCUT2D eigenvalue weighted by Crippen LogP contribution is -2.28. The molecule has 0 aliphatic heterocycles. The third-order valence-corrected chi connectivity index (χ3v) is 4.36. The highest BCUT2D eigenvalue weighted by Crippen LogP contribution is 2.19. The summed E-state index contributed by atoms with van der Waals surface area (Å²) >= 11 is 5.05. The van der Waals surface area contributed by atoms with Crippen molar-refractivity contribution in [1.29, 1.82) is 0 Å². The summed E-state index contributed by atoms with van der Waals surface area (Å²) in [6.45, 7) is 6.70.